The highest BCUT2D eigenvalue weighted by atomic mass is 16.6. The van der Waals surface area contributed by atoms with Gasteiger partial charge in [0.05, 0.1) is 0 Å². The number of nitrogens with two attached hydrogens (primary N) is 1. The predicted octanol–water partition coefficient (Wildman–Crippen LogP) is 3.44. The van der Waals surface area contributed by atoms with E-state index in [1.165, 1.54) is 6.92 Å². The number of benzene rings is 2. The zero-order valence-corrected chi connectivity index (χ0v) is 15.9. The number of nitrogens with zero attached hydrogens (tertiary/aromatic N) is 1. The second kappa shape index (κ2) is 7.92. The van der Waals surface area contributed by atoms with Gasteiger partial charge in [0.2, 0.25) is 11.8 Å². The number of hydrogen-bond donors (Lipinski definition) is 2. The smallest absolute Gasteiger partial charge is 0.364 e. The van der Waals surface area contributed by atoms with Crippen LogP contribution in [-0.4, -0.2) is 17.8 Å². The van der Waals surface area contributed by atoms with Gasteiger partial charge in [-0.3, -0.25) is 4.79 Å². The van der Waals surface area contributed by atoms with Crippen molar-refractivity contribution in [2.24, 2.45) is 4.99 Å². The summed E-state index contributed by atoms with van der Waals surface area (Å²) in [4.78, 5) is 28.5. The Hall–Kier alpha value is -3.67. The van der Waals surface area contributed by atoms with Gasteiger partial charge in [-0.15, -0.1) is 0 Å². The lowest BCUT2D eigenvalue weighted by atomic mass is 9.99. The summed E-state index contributed by atoms with van der Waals surface area (Å²) in [6.45, 7) is 5.11. The highest BCUT2D eigenvalue weighted by Gasteiger charge is 2.28. The van der Waals surface area contributed by atoms with E-state index >= 15 is 0 Å². The molecule has 28 heavy (non-hydrogen) atoms. The third kappa shape index (κ3) is 4.17. The van der Waals surface area contributed by atoms with Gasteiger partial charge in [-0.1, -0.05) is 36.4 Å². The molecule has 0 bridgehead atoms. The van der Waals surface area contributed by atoms with Crippen LogP contribution in [0.5, 0.6) is 0 Å². The molecule has 3 rings (SSSR count). The molecule has 1 aliphatic heterocycles. The molecule has 3 N–H and O–H groups in total. The normalized spacial score (nSPS) is 15.8. The predicted molar refractivity (Wildman–Crippen MR) is 110 cm³/mol. The van der Waals surface area contributed by atoms with Crippen molar-refractivity contribution in [3.05, 3.63) is 76.6 Å². The Kier molecular flexibility index (Phi) is 5.40. The van der Waals surface area contributed by atoms with Crippen LogP contribution in [0.25, 0.3) is 11.6 Å². The molecule has 1 amide bonds. The molecular formula is C22H21N3O3. The molecule has 0 aliphatic carbocycles. The maximum absolute atomic E-state index is 12.5. The van der Waals surface area contributed by atoms with Crippen molar-refractivity contribution >= 4 is 35.1 Å². The van der Waals surface area contributed by atoms with Crippen LogP contribution >= 0.6 is 0 Å². The quantitative estimate of drug-likeness (QED) is 0.486. The lowest BCUT2D eigenvalue weighted by Gasteiger charge is -2.07. The van der Waals surface area contributed by atoms with E-state index in [1.807, 2.05) is 49.4 Å². The largest absolute Gasteiger partial charge is 0.400 e. The number of cyclic esters (lactones) is 1. The van der Waals surface area contributed by atoms with E-state index < -0.39 is 5.97 Å². The number of nitrogens with one attached hydrogen (secondary N) is 1. The van der Waals surface area contributed by atoms with E-state index in [0.29, 0.717) is 17.0 Å². The Labute approximate surface area is 163 Å². The molecule has 0 spiro atoms. The summed E-state index contributed by atoms with van der Waals surface area (Å²) >= 11 is 0. The minimum absolute atomic E-state index is 0.0616. The van der Waals surface area contributed by atoms with Crippen LogP contribution in [0.1, 0.15) is 30.5 Å². The van der Waals surface area contributed by atoms with Gasteiger partial charge >= 0.3 is 5.97 Å². The third-order valence-corrected chi connectivity index (χ3v) is 4.26. The van der Waals surface area contributed by atoms with E-state index in [9.17, 15) is 9.59 Å². The molecule has 142 valence electrons. The number of aliphatic imine (C=N–C) groups is 1. The Balaban J connectivity index is 2.05. The van der Waals surface area contributed by atoms with Gasteiger partial charge in [0.1, 0.15) is 5.70 Å². The van der Waals surface area contributed by atoms with E-state index in [-0.39, 0.29) is 17.5 Å². The van der Waals surface area contributed by atoms with Gasteiger partial charge in [-0.25, -0.2) is 9.79 Å². The monoisotopic (exact) mass is 375 g/mol. The number of amides is 1. The molecule has 0 aromatic heterocycles. The fourth-order valence-corrected chi connectivity index (χ4v) is 2.95. The highest BCUT2D eigenvalue weighted by molar-refractivity contribution is 6.16. The fourth-order valence-electron chi connectivity index (χ4n) is 2.95. The van der Waals surface area contributed by atoms with E-state index in [1.54, 1.807) is 19.1 Å². The lowest BCUT2D eigenvalue weighted by Crippen LogP contribution is -2.25. The second-order valence-corrected chi connectivity index (χ2v) is 6.50. The SMILES string of the molecule is CC(=O)NC(=Cc1ccccc1)C1=NC(=C(C)c2ccc(N)cc2C)C(=O)O1. The van der Waals surface area contributed by atoms with Crippen LogP contribution in [0, 0.1) is 6.92 Å². The molecule has 0 saturated carbocycles. The number of allylic oxidation sites excluding steroid dienone is 1. The number of anilines is 1. The Morgan fingerprint density at radius 3 is 2.50 bits per heavy atom. The lowest BCUT2D eigenvalue weighted by molar-refractivity contribution is -0.130. The molecule has 0 atom stereocenters. The first-order valence-electron chi connectivity index (χ1n) is 8.78. The number of carbonyl (C=O) groups is 2. The average Bonchev–Trinajstić information content (AvgIpc) is 3.03. The van der Waals surface area contributed by atoms with Crippen molar-refractivity contribution < 1.29 is 14.3 Å². The van der Waals surface area contributed by atoms with Crippen LogP contribution < -0.4 is 11.1 Å². The molecule has 0 fully saturated rings. The van der Waals surface area contributed by atoms with Crippen LogP contribution in [0.15, 0.2) is 64.9 Å². The van der Waals surface area contributed by atoms with Crippen molar-refractivity contribution in [3.8, 4) is 0 Å². The van der Waals surface area contributed by atoms with E-state index in [4.69, 9.17) is 10.5 Å². The summed E-state index contributed by atoms with van der Waals surface area (Å²) in [6, 6.07) is 14.8. The zero-order valence-electron chi connectivity index (χ0n) is 15.9. The maximum atomic E-state index is 12.5. The average molecular weight is 375 g/mol. The van der Waals surface area contributed by atoms with Gasteiger partial charge in [0, 0.05) is 12.6 Å². The molecule has 2 aromatic carbocycles. The molecule has 2 aromatic rings. The molecule has 0 radical (unpaired) electrons. The van der Waals surface area contributed by atoms with E-state index in [0.717, 1.165) is 16.7 Å². The maximum Gasteiger partial charge on any atom is 0.364 e. The molecular weight excluding hydrogens is 354 g/mol. The first-order chi connectivity index (χ1) is 13.3. The topological polar surface area (TPSA) is 93.8 Å². The number of nitrogen functional groups attached to an aromatic ring is 1. The van der Waals surface area contributed by atoms with Crippen LogP contribution in [0.4, 0.5) is 5.69 Å². The summed E-state index contributed by atoms with van der Waals surface area (Å²) < 4.78 is 5.36. The Bertz CT molecular complexity index is 1030. The van der Waals surface area contributed by atoms with Gasteiger partial charge in [-0.05, 0) is 54.3 Å². The summed E-state index contributed by atoms with van der Waals surface area (Å²) in [5, 5.41) is 2.68. The molecule has 1 heterocycles. The number of ether oxygens (including phenoxy) is 1. The van der Waals surface area contributed by atoms with Gasteiger partial charge in [0.25, 0.3) is 0 Å². The van der Waals surface area contributed by atoms with Crippen molar-refractivity contribution in [1.82, 2.24) is 5.32 Å². The molecule has 6 nitrogen and oxygen atoms in total. The van der Waals surface area contributed by atoms with Crippen molar-refractivity contribution in [2.45, 2.75) is 20.8 Å². The van der Waals surface area contributed by atoms with Crippen molar-refractivity contribution in [1.29, 1.82) is 0 Å². The van der Waals surface area contributed by atoms with Gasteiger partial charge < -0.3 is 15.8 Å². The minimum atomic E-state index is -0.562. The Morgan fingerprint density at radius 2 is 1.86 bits per heavy atom. The number of rotatable bonds is 4. The first kappa shape index (κ1) is 19.1. The molecule has 0 saturated heterocycles. The van der Waals surface area contributed by atoms with Crippen molar-refractivity contribution in [2.75, 3.05) is 5.73 Å². The number of aryl methyl sites for hydroxylation is 1. The number of hydrogen-bond acceptors (Lipinski definition) is 5. The standard InChI is InChI=1S/C22H21N3O3/c1-13-11-17(23)9-10-18(13)14(2)20-22(27)28-21(25-20)19(24-15(3)26)12-16-7-5-4-6-8-16/h4-12H,23H2,1-3H3,(H,24,26). The molecule has 1 aliphatic rings. The van der Waals surface area contributed by atoms with Crippen LogP contribution in [0.3, 0.4) is 0 Å². The first-order valence-corrected chi connectivity index (χ1v) is 8.78. The third-order valence-electron chi connectivity index (χ3n) is 4.26. The van der Waals surface area contributed by atoms with Crippen molar-refractivity contribution in [3.63, 3.8) is 0 Å². The number of carbonyl (C=O) groups excluding carboxylic acids is 2. The van der Waals surface area contributed by atoms with E-state index in [2.05, 4.69) is 10.3 Å². The van der Waals surface area contributed by atoms with Gasteiger partial charge in [-0.2, -0.15) is 0 Å². The molecule has 0 unspecified atom stereocenters. The zero-order chi connectivity index (χ0) is 20.3. The molecule has 6 heteroatoms. The Morgan fingerprint density at radius 1 is 1.14 bits per heavy atom. The summed E-state index contributed by atoms with van der Waals surface area (Å²) in [7, 11) is 0. The minimum Gasteiger partial charge on any atom is -0.400 e. The summed E-state index contributed by atoms with van der Waals surface area (Å²) in [5.41, 5.74) is 10.3. The van der Waals surface area contributed by atoms with Crippen LogP contribution in [-0.2, 0) is 14.3 Å². The highest BCUT2D eigenvalue weighted by Crippen LogP contribution is 2.28. The van der Waals surface area contributed by atoms with Crippen LogP contribution in [0.2, 0.25) is 0 Å². The summed E-state index contributed by atoms with van der Waals surface area (Å²) in [5.74, 6) is -0.788. The second-order valence-electron chi connectivity index (χ2n) is 6.50. The summed E-state index contributed by atoms with van der Waals surface area (Å²) in [6.07, 6.45) is 1.71. The fraction of sp³-hybridized carbons (Fsp3) is 0.136. The van der Waals surface area contributed by atoms with Gasteiger partial charge in [0.15, 0.2) is 5.70 Å². The number of esters is 1.